The zero-order valence-electron chi connectivity index (χ0n) is 10.5. The largest absolute Gasteiger partial charge is 0.354 e. The summed E-state index contributed by atoms with van der Waals surface area (Å²) in [6.07, 6.45) is 8.33. The van der Waals surface area contributed by atoms with Crippen LogP contribution in [0.4, 0.5) is 0 Å². The molecule has 0 heterocycles. The first kappa shape index (κ1) is 13.2. The number of carbonyl (C=O) groups excluding carboxylic acids is 1. The Hall–Kier alpha value is -0.830. The monoisotopic (exact) mass is 224 g/mol. The summed E-state index contributed by atoms with van der Waals surface area (Å²) >= 11 is 0. The number of allylic oxidation sites excluding steroid dienone is 1. The number of carbonyl (C=O) groups is 1. The van der Waals surface area contributed by atoms with Crippen molar-refractivity contribution in [2.24, 2.45) is 5.73 Å². The van der Waals surface area contributed by atoms with Crippen LogP contribution in [0.1, 0.15) is 52.4 Å². The summed E-state index contributed by atoms with van der Waals surface area (Å²) in [6.45, 7) is 4.65. The molecular formula is C13H24N2O. The van der Waals surface area contributed by atoms with Gasteiger partial charge >= 0.3 is 0 Å². The van der Waals surface area contributed by atoms with Gasteiger partial charge in [0.25, 0.3) is 0 Å². The highest BCUT2D eigenvalue weighted by atomic mass is 16.2. The number of nitrogens with one attached hydrogen (secondary N) is 1. The molecule has 92 valence electrons. The Balaban J connectivity index is 2.29. The molecule has 0 atom stereocenters. The zero-order valence-corrected chi connectivity index (χ0v) is 10.5. The van der Waals surface area contributed by atoms with Crippen LogP contribution < -0.4 is 11.1 Å². The molecule has 3 heteroatoms. The van der Waals surface area contributed by atoms with Crippen molar-refractivity contribution in [3.63, 3.8) is 0 Å². The van der Waals surface area contributed by atoms with Crippen LogP contribution in [0.3, 0.4) is 0 Å². The van der Waals surface area contributed by atoms with E-state index in [1.165, 1.54) is 24.8 Å². The molecule has 0 aromatic carbocycles. The van der Waals surface area contributed by atoms with E-state index in [1.54, 1.807) is 0 Å². The summed E-state index contributed by atoms with van der Waals surface area (Å²) in [7, 11) is 0. The highest BCUT2D eigenvalue weighted by Gasteiger charge is 2.29. The lowest BCUT2D eigenvalue weighted by Gasteiger charge is -2.25. The van der Waals surface area contributed by atoms with Crippen molar-refractivity contribution in [1.82, 2.24) is 5.32 Å². The van der Waals surface area contributed by atoms with Crippen LogP contribution in [0.25, 0.3) is 0 Å². The maximum atomic E-state index is 11.8. The van der Waals surface area contributed by atoms with Crippen molar-refractivity contribution in [2.45, 2.75) is 57.9 Å². The van der Waals surface area contributed by atoms with E-state index in [2.05, 4.69) is 11.4 Å². The summed E-state index contributed by atoms with van der Waals surface area (Å²) in [5.74, 6) is -0.00361. The van der Waals surface area contributed by atoms with Crippen LogP contribution in [-0.2, 0) is 4.79 Å². The van der Waals surface area contributed by atoms with E-state index in [0.717, 1.165) is 13.0 Å². The highest BCUT2D eigenvalue weighted by Crippen LogP contribution is 2.20. The average molecular weight is 224 g/mol. The Kier molecular flexibility index (Phi) is 5.00. The molecular weight excluding hydrogens is 200 g/mol. The van der Waals surface area contributed by atoms with E-state index in [4.69, 9.17) is 5.73 Å². The normalized spacial score (nSPS) is 16.1. The van der Waals surface area contributed by atoms with Crippen LogP contribution in [-0.4, -0.2) is 18.0 Å². The lowest BCUT2D eigenvalue weighted by atomic mass is 9.93. The molecule has 1 amide bonds. The van der Waals surface area contributed by atoms with Gasteiger partial charge in [0.05, 0.1) is 5.54 Å². The minimum Gasteiger partial charge on any atom is -0.354 e. The Labute approximate surface area is 98.5 Å². The van der Waals surface area contributed by atoms with Crippen LogP contribution in [0, 0.1) is 0 Å². The first-order valence-corrected chi connectivity index (χ1v) is 6.37. The van der Waals surface area contributed by atoms with Gasteiger partial charge in [0, 0.05) is 6.54 Å². The van der Waals surface area contributed by atoms with Crippen molar-refractivity contribution in [1.29, 1.82) is 0 Å². The predicted molar refractivity (Wildman–Crippen MR) is 67.1 cm³/mol. The van der Waals surface area contributed by atoms with Crippen molar-refractivity contribution >= 4 is 5.91 Å². The summed E-state index contributed by atoms with van der Waals surface area (Å²) in [5.41, 5.74) is 6.81. The third-order valence-electron chi connectivity index (χ3n) is 3.58. The van der Waals surface area contributed by atoms with E-state index in [-0.39, 0.29) is 5.91 Å². The fourth-order valence-corrected chi connectivity index (χ4v) is 2.05. The van der Waals surface area contributed by atoms with Gasteiger partial charge in [-0.2, -0.15) is 0 Å². The van der Waals surface area contributed by atoms with Crippen molar-refractivity contribution < 1.29 is 4.79 Å². The van der Waals surface area contributed by atoms with Gasteiger partial charge in [0.1, 0.15) is 0 Å². The van der Waals surface area contributed by atoms with Gasteiger partial charge in [-0.3, -0.25) is 4.79 Å². The summed E-state index contributed by atoms with van der Waals surface area (Å²) < 4.78 is 0. The molecule has 3 N–H and O–H groups in total. The fraction of sp³-hybridized carbons (Fsp3) is 0.769. The first-order valence-electron chi connectivity index (χ1n) is 6.37. The van der Waals surface area contributed by atoms with E-state index >= 15 is 0 Å². The van der Waals surface area contributed by atoms with Gasteiger partial charge in [0.2, 0.25) is 5.91 Å². The van der Waals surface area contributed by atoms with Crippen molar-refractivity contribution in [2.75, 3.05) is 6.54 Å². The van der Waals surface area contributed by atoms with E-state index in [1.807, 2.05) is 13.8 Å². The molecule has 0 radical (unpaired) electrons. The topological polar surface area (TPSA) is 55.1 Å². The molecule has 1 aliphatic rings. The third kappa shape index (κ3) is 3.34. The number of hydrogen-bond acceptors (Lipinski definition) is 2. The number of hydrogen-bond donors (Lipinski definition) is 2. The lowest BCUT2D eigenvalue weighted by Crippen LogP contribution is -2.53. The molecule has 16 heavy (non-hydrogen) atoms. The molecule has 0 aliphatic heterocycles. The van der Waals surface area contributed by atoms with Gasteiger partial charge in [-0.15, -0.1) is 0 Å². The summed E-state index contributed by atoms with van der Waals surface area (Å²) in [4.78, 5) is 11.8. The van der Waals surface area contributed by atoms with E-state index in [9.17, 15) is 4.79 Å². The molecule has 0 unspecified atom stereocenters. The van der Waals surface area contributed by atoms with Crippen molar-refractivity contribution in [3.8, 4) is 0 Å². The quantitative estimate of drug-likeness (QED) is 0.679. The molecule has 0 saturated carbocycles. The number of rotatable bonds is 6. The number of amides is 1. The maximum Gasteiger partial charge on any atom is 0.240 e. The Morgan fingerprint density at radius 1 is 1.50 bits per heavy atom. The second-order valence-corrected chi connectivity index (χ2v) is 4.62. The lowest BCUT2D eigenvalue weighted by molar-refractivity contribution is -0.126. The second-order valence-electron chi connectivity index (χ2n) is 4.62. The van der Waals surface area contributed by atoms with Crippen LogP contribution >= 0.6 is 0 Å². The Bertz CT molecular complexity index is 267. The highest BCUT2D eigenvalue weighted by molar-refractivity contribution is 5.85. The van der Waals surface area contributed by atoms with Crippen LogP contribution in [0.15, 0.2) is 11.6 Å². The smallest absolute Gasteiger partial charge is 0.240 e. The molecule has 0 aromatic rings. The predicted octanol–water partition coefficient (Wildman–Crippen LogP) is 2.12. The molecule has 0 aromatic heterocycles. The molecule has 1 aliphatic carbocycles. The third-order valence-corrected chi connectivity index (χ3v) is 3.58. The van der Waals surface area contributed by atoms with Gasteiger partial charge in [0.15, 0.2) is 0 Å². The average Bonchev–Trinajstić information content (AvgIpc) is 2.80. The molecule has 0 saturated heterocycles. The van der Waals surface area contributed by atoms with Gasteiger partial charge in [-0.05, 0) is 38.5 Å². The minimum atomic E-state index is -0.677. The summed E-state index contributed by atoms with van der Waals surface area (Å²) in [5, 5.41) is 2.95. The van der Waals surface area contributed by atoms with Gasteiger partial charge in [-0.25, -0.2) is 0 Å². The maximum absolute atomic E-state index is 11.8. The summed E-state index contributed by atoms with van der Waals surface area (Å²) in [6, 6.07) is 0. The minimum absolute atomic E-state index is 0.00361. The molecule has 0 bridgehead atoms. The molecule has 0 fully saturated rings. The zero-order chi connectivity index (χ0) is 12.0. The Morgan fingerprint density at radius 3 is 2.69 bits per heavy atom. The fourth-order valence-electron chi connectivity index (χ4n) is 2.05. The van der Waals surface area contributed by atoms with Crippen LogP contribution in [0.5, 0.6) is 0 Å². The first-order chi connectivity index (χ1) is 7.62. The van der Waals surface area contributed by atoms with E-state index < -0.39 is 5.54 Å². The second kappa shape index (κ2) is 6.04. The molecule has 1 rings (SSSR count). The van der Waals surface area contributed by atoms with Crippen molar-refractivity contribution in [3.05, 3.63) is 11.6 Å². The SMILES string of the molecule is CCC(N)(CC)C(=O)NCCC1=CCCC1. The Morgan fingerprint density at radius 2 is 2.19 bits per heavy atom. The molecule has 0 spiro atoms. The standard InChI is InChI=1S/C13H24N2O/c1-3-13(14,4-2)12(16)15-10-9-11-7-5-6-8-11/h7H,3-6,8-10,14H2,1-2H3,(H,15,16). The van der Waals surface area contributed by atoms with E-state index in [0.29, 0.717) is 12.8 Å². The number of nitrogens with two attached hydrogens (primary N) is 1. The van der Waals surface area contributed by atoms with Gasteiger partial charge < -0.3 is 11.1 Å². The molecule has 3 nitrogen and oxygen atoms in total. The van der Waals surface area contributed by atoms with Gasteiger partial charge in [-0.1, -0.05) is 25.5 Å². The van der Waals surface area contributed by atoms with Crippen LogP contribution in [0.2, 0.25) is 0 Å².